The van der Waals surface area contributed by atoms with Gasteiger partial charge in [-0.05, 0) is 25.5 Å². The molecule has 108 valence electrons. The van der Waals surface area contributed by atoms with Crippen molar-refractivity contribution in [3.63, 3.8) is 0 Å². The molecule has 1 saturated heterocycles. The van der Waals surface area contributed by atoms with Crippen LogP contribution in [-0.4, -0.2) is 46.7 Å². The number of hydrogen-bond donors (Lipinski definition) is 2. The number of carboxylic acids is 1. The molecule has 1 aromatic carbocycles. The van der Waals surface area contributed by atoms with E-state index >= 15 is 0 Å². The minimum Gasteiger partial charge on any atom is -0.507 e. The van der Waals surface area contributed by atoms with Crippen LogP contribution in [0.4, 0.5) is 0 Å². The Hall–Kier alpha value is -2.24. The number of nitrogens with zero attached hydrogens (tertiary/aromatic N) is 1. The molecule has 1 aliphatic rings. The highest BCUT2D eigenvalue weighted by molar-refractivity contribution is 5.97. The van der Waals surface area contributed by atoms with Gasteiger partial charge in [0.05, 0.1) is 18.6 Å². The highest BCUT2D eigenvalue weighted by Gasteiger charge is 2.38. The molecule has 2 N–H and O–H groups in total. The third-order valence-corrected chi connectivity index (χ3v) is 3.77. The summed E-state index contributed by atoms with van der Waals surface area (Å²) in [6.07, 6.45) is 0.430. The molecule has 1 fully saturated rings. The molecule has 2 atom stereocenters. The highest BCUT2D eigenvalue weighted by atomic mass is 16.5. The lowest BCUT2D eigenvalue weighted by molar-refractivity contribution is -0.142. The van der Waals surface area contributed by atoms with Crippen LogP contribution in [-0.2, 0) is 4.79 Å². The fourth-order valence-electron chi connectivity index (χ4n) is 2.53. The van der Waals surface area contributed by atoms with Crippen molar-refractivity contribution in [2.45, 2.75) is 19.4 Å². The number of rotatable bonds is 3. The predicted octanol–water partition coefficient (Wildman–Crippen LogP) is 1.34. The summed E-state index contributed by atoms with van der Waals surface area (Å²) in [5, 5.41) is 18.9. The number of phenolic OH excluding ortho intramolecular Hbond substituents is 1. The maximum absolute atomic E-state index is 12.4. The van der Waals surface area contributed by atoms with Crippen molar-refractivity contribution in [3.05, 3.63) is 23.8 Å². The first-order valence-corrected chi connectivity index (χ1v) is 6.36. The summed E-state index contributed by atoms with van der Waals surface area (Å²) in [6.45, 7) is 2.09. The van der Waals surface area contributed by atoms with Gasteiger partial charge in [0.1, 0.15) is 11.5 Å². The average molecular weight is 279 g/mol. The first-order chi connectivity index (χ1) is 9.45. The number of aromatic hydroxyl groups is 1. The lowest BCUT2D eigenvalue weighted by Crippen LogP contribution is -2.37. The standard InChI is InChI=1S/C14H17NO5/c1-8-10(14(18)19)5-6-15(8)13(17)11-4-3-9(20-2)7-12(11)16/h3-4,7-8,10,16H,5-6H2,1-2H3,(H,18,19). The second kappa shape index (κ2) is 5.40. The molecule has 20 heavy (non-hydrogen) atoms. The van der Waals surface area contributed by atoms with E-state index in [1.165, 1.54) is 24.1 Å². The number of ether oxygens (including phenoxy) is 1. The number of likely N-dealkylation sites (tertiary alicyclic amines) is 1. The third kappa shape index (κ3) is 2.41. The molecule has 0 bridgehead atoms. The van der Waals surface area contributed by atoms with Crippen molar-refractivity contribution in [1.82, 2.24) is 4.90 Å². The smallest absolute Gasteiger partial charge is 0.308 e. The number of hydrogen-bond acceptors (Lipinski definition) is 4. The molecule has 1 heterocycles. The molecule has 0 spiro atoms. The van der Waals surface area contributed by atoms with Crippen molar-refractivity contribution >= 4 is 11.9 Å². The summed E-state index contributed by atoms with van der Waals surface area (Å²) in [5.41, 5.74) is 0.156. The highest BCUT2D eigenvalue weighted by Crippen LogP contribution is 2.30. The van der Waals surface area contributed by atoms with Gasteiger partial charge in [0.2, 0.25) is 0 Å². The molecule has 0 aromatic heterocycles. The maximum Gasteiger partial charge on any atom is 0.308 e. The molecule has 0 radical (unpaired) electrons. The minimum atomic E-state index is -0.897. The summed E-state index contributed by atoms with van der Waals surface area (Å²) in [6, 6.07) is 4.05. The molecule has 1 aromatic rings. The molecule has 0 saturated carbocycles. The number of benzene rings is 1. The van der Waals surface area contributed by atoms with E-state index in [2.05, 4.69) is 0 Å². The van der Waals surface area contributed by atoms with Gasteiger partial charge in [-0.15, -0.1) is 0 Å². The summed E-state index contributed by atoms with van der Waals surface area (Å²) in [4.78, 5) is 24.9. The Bertz CT molecular complexity index is 542. The normalized spacial score (nSPS) is 21.8. The molecular weight excluding hydrogens is 262 g/mol. The molecule has 2 unspecified atom stereocenters. The molecule has 2 rings (SSSR count). The second-order valence-electron chi connectivity index (χ2n) is 4.86. The van der Waals surface area contributed by atoms with E-state index in [0.29, 0.717) is 18.7 Å². The zero-order valence-electron chi connectivity index (χ0n) is 11.4. The number of carbonyl (C=O) groups excluding carboxylic acids is 1. The van der Waals surface area contributed by atoms with Gasteiger partial charge in [0.25, 0.3) is 5.91 Å². The van der Waals surface area contributed by atoms with Gasteiger partial charge in [0, 0.05) is 18.7 Å². The average Bonchev–Trinajstić information content (AvgIpc) is 2.79. The Labute approximate surface area is 116 Å². The van der Waals surface area contributed by atoms with Gasteiger partial charge in [-0.3, -0.25) is 9.59 Å². The number of carbonyl (C=O) groups is 2. The van der Waals surface area contributed by atoms with Crippen molar-refractivity contribution in [1.29, 1.82) is 0 Å². The monoisotopic (exact) mass is 279 g/mol. The van der Waals surface area contributed by atoms with Crippen molar-refractivity contribution < 1.29 is 24.5 Å². The van der Waals surface area contributed by atoms with Gasteiger partial charge < -0.3 is 19.8 Å². The number of phenols is 1. The van der Waals surface area contributed by atoms with E-state index in [0.717, 1.165) is 0 Å². The molecule has 0 aliphatic carbocycles. The van der Waals surface area contributed by atoms with Gasteiger partial charge in [0.15, 0.2) is 0 Å². The fourth-order valence-corrected chi connectivity index (χ4v) is 2.53. The third-order valence-electron chi connectivity index (χ3n) is 3.77. The topological polar surface area (TPSA) is 87.1 Å². The molecule has 6 heteroatoms. The van der Waals surface area contributed by atoms with Crippen molar-refractivity contribution in [2.75, 3.05) is 13.7 Å². The Balaban J connectivity index is 2.22. The Kier molecular flexibility index (Phi) is 3.83. The van der Waals surface area contributed by atoms with E-state index in [-0.39, 0.29) is 23.3 Å². The SMILES string of the molecule is COc1ccc(C(=O)N2CCC(C(=O)O)C2C)c(O)c1. The molecule has 6 nitrogen and oxygen atoms in total. The lowest BCUT2D eigenvalue weighted by atomic mass is 10.0. The number of carboxylic acid groups (broad SMARTS) is 1. The van der Waals surface area contributed by atoms with E-state index < -0.39 is 11.9 Å². The maximum atomic E-state index is 12.4. The first kappa shape index (κ1) is 14.2. The summed E-state index contributed by atoms with van der Waals surface area (Å²) in [7, 11) is 1.47. The van der Waals surface area contributed by atoms with Crippen LogP contribution in [0.25, 0.3) is 0 Å². The van der Waals surface area contributed by atoms with E-state index in [9.17, 15) is 14.7 Å². The lowest BCUT2D eigenvalue weighted by Gasteiger charge is -2.23. The van der Waals surface area contributed by atoms with Crippen LogP contribution in [0.5, 0.6) is 11.5 Å². The minimum absolute atomic E-state index is 0.156. The Morgan fingerprint density at radius 3 is 2.60 bits per heavy atom. The fraction of sp³-hybridized carbons (Fsp3) is 0.429. The summed E-state index contributed by atoms with van der Waals surface area (Å²) >= 11 is 0. The van der Waals surface area contributed by atoms with Crippen LogP contribution in [0, 0.1) is 5.92 Å². The van der Waals surface area contributed by atoms with Crippen LogP contribution < -0.4 is 4.74 Å². The van der Waals surface area contributed by atoms with Crippen LogP contribution in [0.1, 0.15) is 23.7 Å². The van der Waals surface area contributed by atoms with Crippen LogP contribution in [0.15, 0.2) is 18.2 Å². The summed E-state index contributed by atoms with van der Waals surface area (Å²) < 4.78 is 4.96. The Morgan fingerprint density at radius 1 is 1.40 bits per heavy atom. The van der Waals surface area contributed by atoms with E-state index in [1.54, 1.807) is 13.0 Å². The first-order valence-electron chi connectivity index (χ1n) is 6.36. The zero-order valence-corrected chi connectivity index (χ0v) is 11.4. The van der Waals surface area contributed by atoms with E-state index in [1.807, 2.05) is 0 Å². The van der Waals surface area contributed by atoms with Crippen LogP contribution in [0.2, 0.25) is 0 Å². The van der Waals surface area contributed by atoms with E-state index in [4.69, 9.17) is 9.84 Å². The van der Waals surface area contributed by atoms with Crippen LogP contribution >= 0.6 is 0 Å². The Morgan fingerprint density at radius 2 is 2.10 bits per heavy atom. The number of aliphatic carboxylic acids is 1. The number of amides is 1. The molecular formula is C14H17NO5. The van der Waals surface area contributed by atoms with Crippen molar-refractivity contribution in [2.24, 2.45) is 5.92 Å². The van der Waals surface area contributed by atoms with Gasteiger partial charge in [-0.25, -0.2) is 0 Å². The zero-order chi connectivity index (χ0) is 14.9. The molecule has 1 aliphatic heterocycles. The second-order valence-corrected chi connectivity index (χ2v) is 4.86. The van der Waals surface area contributed by atoms with Crippen molar-refractivity contribution in [3.8, 4) is 11.5 Å². The number of methoxy groups -OCH3 is 1. The largest absolute Gasteiger partial charge is 0.507 e. The summed E-state index contributed by atoms with van der Waals surface area (Å²) in [5.74, 6) is -1.52. The van der Waals surface area contributed by atoms with Gasteiger partial charge >= 0.3 is 5.97 Å². The van der Waals surface area contributed by atoms with Gasteiger partial charge in [-0.1, -0.05) is 0 Å². The van der Waals surface area contributed by atoms with Gasteiger partial charge in [-0.2, -0.15) is 0 Å². The quantitative estimate of drug-likeness (QED) is 0.871. The van der Waals surface area contributed by atoms with Crippen LogP contribution in [0.3, 0.4) is 0 Å². The molecule has 1 amide bonds. The predicted molar refractivity (Wildman–Crippen MR) is 70.9 cm³/mol.